The van der Waals surface area contributed by atoms with E-state index in [0.29, 0.717) is 5.88 Å². The van der Waals surface area contributed by atoms with Crippen LogP contribution in [0, 0.1) is 11.3 Å². The van der Waals surface area contributed by atoms with Crippen molar-refractivity contribution in [2.45, 2.75) is 19.8 Å². The summed E-state index contributed by atoms with van der Waals surface area (Å²) >= 11 is 0. The van der Waals surface area contributed by atoms with Gasteiger partial charge in [0.1, 0.15) is 0 Å². The first-order valence-corrected chi connectivity index (χ1v) is 5.22. The molecular formula is C12H15NO3. The van der Waals surface area contributed by atoms with Gasteiger partial charge < -0.3 is 9.84 Å². The van der Waals surface area contributed by atoms with Crippen molar-refractivity contribution < 1.29 is 14.6 Å². The van der Waals surface area contributed by atoms with Crippen LogP contribution in [-0.2, 0) is 4.79 Å². The number of methoxy groups -OCH3 is 1. The average Bonchev–Trinajstić information content (AvgIpc) is 2.82. The number of hydrogen-bond acceptors (Lipinski definition) is 3. The molecule has 1 saturated carbocycles. The van der Waals surface area contributed by atoms with Gasteiger partial charge in [-0.1, -0.05) is 19.9 Å². The number of aliphatic carboxylic acids is 1. The molecule has 2 unspecified atom stereocenters. The summed E-state index contributed by atoms with van der Waals surface area (Å²) in [7, 11) is 1.55. The predicted octanol–water partition coefficient (Wildman–Crippen LogP) is 1.91. The second-order valence-corrected chi connectivity index (χ2v) is 4.72. The lowest BCUT2D eigenvalue weighted by Gasteiger charge is -2.04. The summed E-state index contributed by atoms with van der Waals surface area (Å²) in [6.45, 7) is 3.91. The summed E-state index contributed by atoms with van der Waals surface area (Å²) in [5, 5.41) is 9.09. The van der Waals surface area contributed by atoms with Gasteiger partial charge in [0.25, 0.3) is 0 Å². The lowest BCUT2D eigenvalue weighted by Crippen LogP contribution is -2.03. The van der Waals surface area contributed by atoms with Crippen LogP contribution < -0.4 is 4.74 Å². The van der Waals surface area contributed by atoms with Gasteiger partial charge in [0, 0.05) is 17.7 Å². The number of carbonyl (C=O) groups is 1. The zero-order valence-electron chi connectivity index (χ0n) is 9.60. The van der Waals surface area contributed by atoms with E-state index in [9.17, 15) is 4.79 Å². The van der Waals surface area contributed by atoms with Crippen LogP contribution in [0.1, 0.15) is 25.5 Å². The van der Waals surface area contributed by atoms with E-state index < -0.39 is 5.97 Å². The van der Waals surface area contributed by atoms with Gasteiger partial charge in [-0.15, -0.1) is 0 Å². The lowest BCUT2D eigenvalue weighted by atomic mass is 10.1. The van der Waals surface area contributed by atoms with Gasteiger partial charge in [-0.25, -0.2) is 4.98 Å². The fourth-order valence-corrected chi connectivity index (χ4v) is 2.37. The minimum atomic E-state index is -0.750. The van der Waals surface area contributed by atoms with Crippen LogP contribution in [0.2, 0.25) is 0 Å². The van der Waals surface area contributed by atoms with Crippen molar-refractivity contribution in [2.75, 3.05) is 7.11 Å². The number of ether oxygens (including phenoxy) is 1. The second kappa shape index (κ2) is 3.47. The first-order chi connectivity index (χ1) is 7.48. The zero-order valence-corrected chi connectivity index (χ0v) is 9.60. The van der Waals surface area contributed by atoms with E-state index in [1.54, 1.807) is 13.2 Å². The highest BCUT2D eigenvalue weighted by atomic mass is 16.5. The Labute approximate surface area is 94.3 Å². The number of hydrogen-bond donors (Lipinski definition) is 1. The Morgan fingerprint density at radius 1 is 1.50 bits per heavy atom. The van der Waals surface area contributed by atoms with Gasteiger partial charge in [-0.2, -0.15) is 0 Å². The quantitative estimate of drug-likeness (QED) is 0.847. The van der Waals surface area contributed by atoms with Crippen molar-refractivity contribution in [3.8, 4) is 5.88 Å². The molecule has 1 N–H and O–H groups in total. The van der Waals surface area contributed by atoms with Crippen LogP contribution in [0.25, 0.3) is 0 Å². The standard InChI is InChI=1S/C12H15NO3/c1-12(2)9(10(12)11(14)15)7-5-4-6-8(13-7)16-3/h4-6,9-10H,1-3H3,(H,14,15). The summed E-state index contributed by atoms with van der Waals surface area (Å²) in [6.07, 6.45) is 0. The molecular weight excluding hydrogens is 206 g/mol. The van der Waals surface area contributed by atoms with Gasteiger partial charge in [0.2, 0.25) is 5.88 Å². The monoisotopic (exact) mass is 221 g/mol. The summed E-state index contributed by atoms with van der Waals surface area (Å²) < 4.78 is 5.04. The maximum absolute atomic E-state index is 11.1. The number of pyridine rings is 1. The van der Waals surface area contributed by atoms with Crippen molar-refractivity contribution in [2.24, 2.45) is 11.3 Å². The molecule has 2 rings (SSSR count). The number of rotatable bonds is 3. The molecule has 0 bridgehead atoms. The molecule has 1 fully saturated rings. The van der Waals surface area contributed by atoms with Crippen molar-refractivity contribution in [1.29, 1.82) is 0 Å². The summed E-state index contributed by atoms with van der Waals surface area (Å²) in [5.74, 6) is -0.573. The van der Waals surface area contributed by atoms with Crippen molar-refractivity contribution in [1.82, 2.24) is 4.98 Å². The third kappa shape index (κ3) is 1.54. The molecule has 0 amide bonds. The molecule has 0 aliphatic heterocycles. The van der Waals surface area contributed by atoms with Crippen LogP contribution in [-0.4, -0.2) is 23.2 Å². The summed E-state index contributed by atoms with van der Waals surface area (Å²) in [4.78, 5) is 15.4. The van der Waals surface area contributed by atoms with Crippen LogP contribution in [0.15, 0.2) is 18.2 Å². The van der Waals surface area contributed by atoms with Gasteiger partial charge in [-0.3, -0.25) is 4.79 Å². The highest BCUT2D eigenvalue weighted by molar-refractivity contribution is 5.77. The maximum Gasteiger partial charge on any atom is 0.307 e. The fourth-order valence-electron chi connectivity index (χ4n) is 2.37. The van der Waals surface area contributed by atoms with Crippen LogP contribution in [0.3, 0.4) is 0 Å². The number of nitrogens with zero attached hydrogens (tertiary/aromatic N) is 1. The number of carboxylic acids is 1. The topological polar surface area (TPSA) is 59.4 Å². The Morgan fingerprint density at radius 2 is 2.19 bits per heavy atom. The minimum absolute atomic E-state index is 0.0138. The van der Waals surface area contributed by atoms with Gasteiger partial charge in [0.15, 0.2) is 0 Å². The molecule has 1 aliphatic carbocycles. The van der Waals surface area contributed by atoms with E-state index in [1.807, 2.05) is 26.0 Å². The van der Waals surface area contributed by atoms with E-state index >= 15 is 0 Å². The highest BCUT2D eigenvalue weighted by Gasteiger charge is 2.63. The molecule has 4 nitrogen and oxygen atoms in total. The third-order valence-corrected chi connectivity index (χ3v) is 3.37. The summed E-state index contributed by atoms with van der Waals surface area (Å²) in [5.41, 5.74) is 0.585. The minimum Gasteiger partial charge on any atom is -0.481 e. The molecule has 1 heterocycles. The van der Waals surface area contributed by atoms with E-state index in [4.69, 9.17) is 9.84 Å². The third-order valence-electron chi connectivity index (χ3n) is 3.37. The van der Waals surface area contributed by atoms with Gasteiger partial charge in [0.05, 0.1) is 13.0 Å². The molecule has 0 radical (unpaired) electrons. The normalized spacial score (nSPS) is 26.2. The van der Waals surface area contributed by atoms with Crippen molar-refractivity contribution >= 4 is 5.97 Å². The zero-order chi connectivity index (χ0) is 11.9. The number of carboxylic acid groups (broad SMARTS) is 1. The first kappa shape index (κ1) is 10.9. The molecule has 0 spiro atoms. The van der Waals surface area contributed by atoms with E-state index in [2.05, 4.69) is 4.98 Å². The maximum atomic E-state index is 11.1. The first-order valence-electron chi connectivity index (χ1n) is 5.22. The summed E-state index contributed by atoms with van der Waals surface area (Å²) in [6, 6.07) is 5.46. The van der Waals surface area contributed by atoms with E-state index in [1.165, 1.54) is 0 Å². The molecule has 2 atom stereocenters. The lowest BCUT2D eigenvalue weighted by molar-refractivity contribution is -0.139. The van der Waals surface area contributed by atoms with Crippen LogP contribution in [0.5, 0.6) is 5.88 Å². The van der Waals surface area contributed by atoms with Gasteiger partial charge in [-0.05, 0) is 11.5 Å². The Kier molecular flexibility index (Phi) is 2.37. The Morgan fingerprint density at radius 3 is 2.69 bits per heavy atom. The molecule has 1 aromatic rings. The predicted molar refractivity (Wildman–Crippen MR) is 58.4 cm³/mol. The molecule has 4 heteroatoms. The van der Waals surface area contributed by atoms with Crippen LogP contribution >= 0.6 is 0 Å². The molecule has 1 aliphatic rings. The van der Waals surface area contributed by atoms with Crippen molar-refractivity contribution in [3.63, 3.8) is 0 Å². The molecule has 16 heavy (non-hydrogen) atoms. The molecule has 86 valence electrons. The second-order valence-electron chi connectivity index (χ2n) is 4.72. The van der Waals surface area contributed by atoms with Crippen molar-refractivity contribution in [3.05, 3.63) is 23.9 Å². The fraction of sp³-hybridized carbons (Fsp3) is 0.500. The number of aromatic nitrogens is 1. The highest BCUT2D eigenvalue weighted by Crippen LogP contribution is 2.64. The molecule has 1 aromatic heterocycles. The molecule has 0 aromatic carbocycles. The Hall–Kier alpha value is -1.58. The Bertz CT molecular complexity index is 428. The largest absolute Gasteiger partial charge is 0.481 e. The average molecular weight is 221 g/mol. The van der Waals surface area contributed by atoms with Crippen LogP contribution in [0.4, 0.5) is 0 Å². The van der Waals surface area contributed by atoms with E-state index in [0.717, 1.165) is 5.69 Å². The Balaban J connectivity index is 2.29. The smallest absolute Gasteiger partial charge is 0.307 e. The van der Waals surface area contributed by atoms with E-state index in [-0.39, 0.29) is 17.3 Å². The molecule has 0 saturated heterocycles. The van der Waals surface area contributed by atoms with Gasteiger partial charge >= 0.3 is 5.97 Å². The SMILES string of the molecule is COc1cccc(C2C(C(=O)O)C2(C)C)n1.